The van der Waals surface area contributed by atoms with Gasteiger partial charge in [-0.1, -0.05) is 45.8 Å². The van der Waals surface area contributed by atoms with E-state index in [9.17, 15) is 13.2 Å². The highest BCUT2D eigenvalue weighted by molar-refractivity contribution is 9.10. The lowest BCUT2D eigenvalue weighted by atomic mass is 10.2. The Hall–Kier alpha value is -3.95. The van der Waals surface area contributed by atoms with Gasteiger partial charge in [0.25, 0.3) is 5.91 Å². The van der Waals surface area contributed by atoms with Crippen LogP contribution in [0.1, 0.15) is 27.0 Å². The first kappa shape index (κ1) is 26.1. The molecular weight excluding hydrogens is 556 g/mol. The van der Waals surface area contributed by atoms with E-state index in [0.29, 0.717) is 23.5 Å². The molecule has 0 bridgehead atoms. The fourth-order valence-corrected chi connectivity index (χ4v) is 4.36. The minimum Gasteiger partial charge on any atom is -0.489 e. The van der Waals surface area contributed by atoms with Gasteiger partial charge in [-0.2, -0.15) is 13.5 Å². The molecule has 0 aliphatic carbocycles. The molecule has 37 heavy (non-hydrogen) atoms. The molecule has 4 aromatic rings. The lowest BCUT2D eigenvalue weighted by molar-refractivity contribution is 0.0955. The van der Waals surface area contributed by atoms with Crippen LogP contribution in [0.25, 0.3) is 0 Å². The Morgan fingerprint density at radius 3 is 2.14 bits per heavy atom. The highest BCUT2D eigenvalue weighted by atomic mass is 79.9. The minimum absolute atomic E-state index is 0.0793. The van der Waals surface area contributed by atoms with Gasteiger partial charge in [-0.25, -0.2) is 5.43 Å². The van der Waals surface area contributed by atoms with Gasteiger partial charge < -0.3 is 8.92 Å². The summed E-state index contributed by atoms with van der Waals surface area (Å²) in [6.45, 7) is 2.29. The van der Waals surface area contributed by atoms with Crippen molar-refractivity contribution in [2.75, 3.05) is 0 Å². The summed E-state index contributed by atoms with van der Waals surface area (Å²) in [5, 5.41) is 3.96. The summed E-state index contributed by atoms with van der Waals surface area (Å²) in [5.74, 6) is 0.443. The van der Waals surface area contributed by atoms with Gasteiger partial charge in [0.1, 0.15) is 23.0 Å². The van der Waals surface area contributed by atoms with Gasteiger partial charge in [0.05, 0.1) is 6.21 Å². The second-order valence-corrected chi connectivity index (χ2v) is 10.5. The summed E-state index contributed by atoms with van der Waals surface area (Å²) in [6.07, 6.45) is 1.45. The fourth-order valence-electron chi connectivity index (χ4n) is 3.17. The molecule has 9 heteroatoms. The molecule has 0 unspecified atom stereocenters. The van der Waals surface area contributed by atoms with Gasteiger partial charge in [0.15, 0.2) is 0 Å². The molecule has 0 fully saturated rings. The number of hydrazone groups is 1. The average molecular weight is 579 g/mol. The Labute approximate surface area is 224 Å². The van der Waals surface area contributed by atoms with Crippen LogP contribution in [-0.2, 0) is 16.7 Å². The molecule has 0 aliphatic heterocycles. The second-order valence-electron chi connectivity index (χ2n) is 8.06. The molecule has 1 N–H and O–H groups in total. The molecule has 0 atom stereocenters. The smallest absolute Gasteiger partial charge is 0.339 e. The number of carbonyl (C=O) groups is 1. The summed E-state index contributed by atoms with van der Waals surface area (Å²) in [4.78, 5) is 12.4. The Balaban J connectivity index is 1.28. The first-order valence-electron chi connectivity index (χ1n) is 11.2. The standard InChI is InChI=1S/C28H23BrN2O5S/c1-20-2-16-27(17-3-20)37(33,34)36-26-12-6-21(7-13-26)18-30-31-28(32)23-8-14-25(15-9-23)35-19-22-4-10-24(29)11-5-22/h2-18H,19H2,1H3,(H,31,32)/b30-18-. The van der Waals surface area contributed by atoms with Crippen molar-refractivity contribution in [2.24, 2.45) is 5.10 Å². The number of aryl methyl sites for hydroxylation is 1. The largest absolute Gasteiger partial charge is 0.489 e. The van der Waals surface area contributed by atoms with E-state index in [2.05, 4.69) is 26.5 Å². The van der Waals surface area contributed by atoms with Crippen LogP contribution < -0.4 is 14.3 Å². The quantitative estimate of drug-likeness (QED) is 0.152. The van der Waals surface area contributed by atoms with Crippen molar-refractivity contribution in [1.82, 2.24) is 5.43 Å². The number of nitrogens with one attached hydrogen (secondary N) is 1. The van der Waals surface area contributed by atoms with E-state index < -0.39 is 10.1 Å². The van der Waals surface area contributed by atoms with Crippen LogP contribution in [0.3, 0.4) is 0 Å². The van der Waals surface area contributed by atoms with Gasteiger partial charge in [0, 0.05) is 10.0 Å². The number of nitrogens with zero attached hydrogens (tertiary/aromatic N) is 1. The number of carbonyl (C=O) groups excluding carboxylic acids is 1. The summed E-state index contributed by atoms with van der Waals surface area (Å²) in [5.41, 5.74) is 5.53. The molecule has 4 aromatic carbocycles. The SMILES string of the molecule is Cc1ccc(S(=O)(=O)Oc2ccc(/C=N\NC(=O)c3ccc(OCc4ccc(Br)cc4)cc3)cc2)cc1. The van der Waals surface area contributed by atoms with Crippen LogP contribution in [0.4, 0.5) is 0 Å². The predicted molar refractivity (Wildman–Crippen MR) is 145 cm³/mol. The molecule has 0 heterocycles. The maximum Gasteiger partial charge on any atom is 0.339 e. The topological polar surface area (TPSA) is 94.1 Å². The van der Waals surface area contributed by atoms with Crippen LogP contribution >= 0.6 is 15.9 Å². The van der Waals surface area contributed by atoms with Crippen molar-refractivity contribution in [3.8, 4) is 11.5 Å². The Bertz CT molecular complexity index is 1480. The van der Waals surface area contributed by atoms with Crippen molar-refractivity contribution < 1.29 is 22.1 Å². The number of rotatable bonds is 9. The molecule has 188 valence electrons. The molecule has 0 saturated carbocycles. The maximum atomic E-state index is 12.4. The number of amides is 1. The highest BCUT2D eigenvalue weighted by Gasteiger charge is 2.16. The number of benzene rings is 4. The summed E-state index contributed by atoms with van der Waals surface area (Å²) in [6, 6.07) is 27.3. The Morgan fingerprint density at radius 1 is 0.865 bits per heavy atom. The lowest BCUT2D eigenvalue weighted by Gasteiger charge is -2.07. The number of halogens is 1. The highest BCUT2D eigenvalue weighted by Crippen LogP contribution is 2.20. The van der Waals surface area contributed by atoms with E-state index in [4.69, 9.17) is 8.92 Å². The van der Waals surface area contributed by atoms with Crippen molar-refractivity contribution in [2.45, 2.75) is 18.4 Å². The molecule has 0 spiro atoms. The van der Waals surface area contributed by atoms with Crippen molar-refractivity contribution in [3.05, 3.63) is 124 Å². The normalized spacial score (nSPS) is 11.3. The van der Waals surface area contributed by atoms with Crippen molar-refractivity contribution >= 4 is 38.2 Å². The number of hydrogen-bond acceptors (Lipinski definition) is 6. The van der Waals surface area contributed by atoms with Gasteiger partial charge in [-0.15, -0.1) is 0 Å². The average Bonchev–Trinajstić information content (AvgIpc) is 2.90. The molecule has 0 radical (unpaired) electrons. The van der Waals surface area contributed by atoms with Crippen LogP contribution in [0.2, 0.25) is 0 Å². The van der Waals surface area contributed by atoms with Crippen molar-refractivity contribution in [1.29, 1.82) is 0 Å². The van der Waals surface area contributed by atoms with E-state index in [0.717, 1.165) is 15.6 Å². The van der Waals surface area contributed by atoms with Gasteiger partial charge in [-0.3, -0.25) is 4.79 Å². The molecule has 1 amide bonds. The molecular formula is C28H23BrN2O5S. The third-order valence-electron chi connectivity index (χ3n) is 5.21. The minimum atomic E-state index is -3.93. The first-order valence-corrected chi connectivity index (χ1v) is 13.4. The third kappa shape index (κ3) is 7.52. The Kier molecular flexibility index (Phi) is 8.37. The van der Waals surface area contributed by atoms with Gasteiger partial charge in [-0.05, 0) is 90.8 Å². The summed E-state index contributed by atoms with van der Waals surface area (Å²) >= 11 is 3.40. The Morgan fingerprint density at radius 2 is 1.49 bits per heavy atom. The van der Waals surface area contributed by atoms with E-state index in [1.165, 1.54) is 30.5 Å². The fraction of sp³-hybridized carbons (Fsp3) is 0.0714. The van der Waals surface area contributed by atoms with Crippen LogP contribution in [0.5, 0.6) is 11.5 Å². The lowest BCUT2D eigenvalue weighted by Crippen LogP contribution is -2.17. The van der Waals surface area contributed by atoms with Crippen molar-refractivity contribution in [3.63, 3.8) is 0 Å². The number of hydrogen-bond donors (Lipinski definition) is 1. The summed E-state index contributed by atoms with van der Waals surface area (Å²) < 4.78 is 36.8. The molecule has 4 rings (SSSR count). The zero-order valence-electron chi connectivity index (χ0n) is 19.8. The molecule has 0 aromatic heterocycles. The van der Waals surface area contributed by atoms with Gasteiger partial charge in [0.2, 0.25) is 0 Å². The molecule has 0 saturated heterocycles. The third-order valence-corrected chi connectivity index (χ3v) is 7.00. The van der Waals surface area contributed by atoms with Gasteiger partial charge >= 0.3 is 10.1 Å². The zero-order chi connectivity index (χ0) is 26.3. The predicted octanol–water partition coefficient (Wildman–Crippen LogP) is 5.87. The molecule has 7 nitrogen and oxygen atoms in total. The molecule has 0 aliphatic rings. The van der Waals surface area contributed by atoms with E-state index in [1.807, 2.05) is 31.2 Å². The van der Waals surface area contributed by atoms with E-state index in [1.54, 1.807) is 48.5 Å². The van der Waals surface area contributed by atoms with Crippen LogP contribution in [0, 0.1) is 6.92 Å². The monoisotopic (exact) mass is 578 g/mol. The summed E-state index contributed by atoms with van der Waals surface area (Å²) in [7, 11) is -3.93. The maximum absolute atomic E-state index is 12.4. The number of ether oxygens (including phenoxy) is 1. The second kappa shape index (κ2) is 11.9. The zero-order valence-corrected chi connectivity index (χ0v) is 22.2. The first-order chi connectivity index (χ1) is 17.8. The van der Waals surface area contributed by atoms with E-state index in [-0.39, 0.29) is 16.6 Å². The van der Waals surface area contributed by atoms with E-state index >= 15 is 0 Å². The van der Waals surface area contributed by atoms with Crippen LogP contribution in [-0.4, -0.2) is 20.5 Å². The van der Waals surface area contributed by atoms with Crippen LogP contribution in [0.15, 0.2) is 112 Å².